The smallest absolute Gasteiger partial charge is 0.355 e. The van der Waals surface area contributed by atoms with Crippen LogP contribution < -0.4 is 4.90 Å². The van der Waals surface area contributed by atoms with E-state index in [2.05, 4.69) is 5.10 Å². The van der Waals surface area contributed by atoms with Crippen molar-refractivity contribution >= 4 is 29.2 Å². The summed E-state index contributed by atoms with van der Waals surface area (Å²) in [6.45, 7) is 0. The molecule has 0 bridgehead atoms. The molecule has 0 amide bonds. The number of nitrogens with zero attached hydrogens (tertiary/aromatic N) is 3. The van der Waals surface area contributed by atoms with Gasteiger partial charge in [-0.15, -0.1) is 0 Å². The average Bonchev–Trinajstić information content (AvgIpc) is 3.12. The Morgan fingerprint density at radius 1 is 1.11 bits per heavy atom. The molecule has 0 saturated heterocycles. The fraction of sp³-hybridized carbons (Fsp3) is 0.105. The molecule has 3 rings (SSSR count). The second-order valence-electron chi connectivity index (χ2n) is 5.40. The summed E-state index contributed by atoms with van der Waals surface area (Å²) in [5, 5.41) is 4.58. The highest BCUT2D eigenvalue weighted by atomic mass is 35.5. The lowest BCUT2D eigenvalue weighted by Gasteiger charge is -2.23. The normalized spacial score (nSPS) is 13.5. The van der Waals surface area contributed by atoms with Crippen LogP contribution in [0.2, 0.25) is 5.02 Å². The maximum absolute atomic E-state index is 12.4. The number of anilines is 1. The minimum Gasteiger partial charge on any atom is -0.465 e. The number of benzene rings is 1. The Bertz CT molecular complexity index is 961. The molecule has 0 aliphatic carbocycles. The van der Waals surface area contributed by atoms with Crippen LogP contribution in [0.3, 0.4) is 0 Å². The molecule has 1 aliphatic heterocycles. The van der Waals surface area contributed by atoms with Crippen LogP contribution >= 0.6 is 11.6 Å². The minimum absolute atomic E-state index is 0.0252. The topological polar surface area (TPSA) is 73.7 Å². The van der Waals surface area contributed by atoms with Crippen LogP contribution in [0, 0.1) is 0 Å². The van der Waals surface area contributed by atoms with Gasteiger partial charge < -0.3 is 14.4 Å². The molecular formula is C19H16ClN3O4. The summed E-state index contributed by atoms with van der Waals surface area (Å²) >= 11 is 6.42. The molecule has 0 saturated carbocycles. The van der Waals surface area contributed by atoms with E-state index in [1.807, 2.05) is 0 Å². The lowest BCUT2D eigenvalue weighted by Crippen LogP contribution is -2.27. The highest BCUT2D eigenvalue weighted by Gasteiger charge is 2.27. The molecule has 7 nitrogen and oxygen atoms in total. The molecule has 2 aromatic rings. The first kappa shape index (κ1) is 18.5. The van der Waals surface area contributed by atoms with E-state index in [9.17, 15) is 9.59 Å². The van der Waals surface area contributed by atoms with Crippen LogP contribution in [-0.4, -0.2) is 35.9 Å². The summed E-state index contributed by atoms with van der Waals surface area (Å²) in [7, 11) is 2.49. The highest BCUT2D eigenvalue weighted by Crippen LogP contribution is 2.31. The third-order valence-corrected chi connectivity index (χ3v) is 4.15. The van der Waals surface area contributed by atoms with Crippen molar-refractivity contribution in [2.45, 2.75) is 0 Å². The Hall–Kier alpha value is -3.32. The van der Waals surface area contributed by atoms with Crippen LogP contribution in [0.25, 0.3) is 5.69 Å². The number of methoxy groups -OCH3 is 2. The van der Waals surface area contributed by atoms with E-state index in [1.165, 1.54) is 25.2 Å². The third-order valence-electron chi connectivity index (χ3n) is 3.85. The van der Waals surface area contributed by atoms with Crippen LogP contribution in [0.4, 0.5) is 5.69 Å². The Morgan fingerprint density at radius 3 is 2.52 bits per heavy atom. The van der Waals surface area contributed by atoms with Gasteiger partial charge in [0.05, 0.1) is 30.5 Å². The summed E-state index contributed by atoms with van der Waals surface area (Å²) in [4.78, 5) is 26.1. The molecule has 1 aromatic heterocycles. The van der Waals surface area contributed by atoms with E-state index < -0.39 is 11.9 Å². The Kier molecular flexibility index (Phi) is 5.42. The zero-order valence-electron chi connectivity index (χ0n) is 14.6. The van der Waals surface area contributed by atoms with Gasteiger partial charge in [-0.05, 0) is 36.4 Å². The number of esters is 2. The van der Waals surface area contributed by atoms with Crippen molar-refractivity contribution in [3.8, 4) is 5.69 Å². The molecule has 1 aromatic carbocycles. The zero-order valence-corrected chi connectivity index (χ0v) is 15.4. The number of halogens is 1. The summed E-state index contributed by atoms with van der Waals surface area (Å²) in [6.07, 6.45) is 9.87. The van der Waals surface area contributed by atoms with Gasteiger partial charge in [0.25, 0.3) is 0 Å². The Morgan fingerprint density at radius 2 is 1.89 bits per heavy atom. The van der Waals surface area contributed by atoms with Crippen LogP contribution in [0.1, 0.15) is 0 Å². The maximum Gasteiger partial charge on any atom is 0.355 e. The monoisotopic (exact) mass is 385 g/mol. The fourth-order valence-electron chi connectivity index (χ4n) is 2.61. The standard InChI is InChI=1S/C19H16ClN3O4/c1-26-18(24)14-6-3-4-10-22(17(14)19(25)27-2)13-7-8-16(15(20)12-13)23-11-5-9-21-23/h3-12H,1-2H3. The van der Waals surface area contributed by atoms with Crippen molar-refractivity contribution in [3.05, 3.63) is 77.4 Å². The highest BCUT2D eigenvalue weighted by molar-refractivity contribution is 6.32. The number of hydrogen-bond acceptors (Lipinski definition) is 6. The Balaban J connectivity index is 2.12. The molecule has 8 heteroatoms. The second-order valence-corrected chi connectivity index (χ2v) is 5.81. The fourth-order valence-corrected chi connectivity index (χ4v) is 2.87. The zero-order chi connectivity index (χ0) is 19.4. The van der Waals surface area contributed by atoms with Gasteiger partial charge in [-0.1, -0.05) is 17.7 Å². The van der Waals surface area contributed by atoms with E-state index in [1.54, 1.807) is 59.7 Å². The molecule has 0 spiro atoms. The van der Waals surface area contributed by atoms with E-state index in [4.69, 9.17) is 21.1 Å². The third kappa shape index (κ3) is 3.63. The van der Waals surface area contributed by atoms with E-state index >= 15 is 0 Å². The van der Waals surface area contributed by atoms with Gasteiger partial charge in [0.2, 0.25) is 0 Å². The molecule has 138 valence electrons. The molecule has 27 heavy (non-hydrogen) atoms. The SMILES string of the molecule is COC(=O)C1=C(C(=O)OC)N(c2ccc(-n3cccn3)c(Cl)c2)C=CC=C1. The predicted octanol–water partition coefficient (Wildman–Crippen LogP) is 3.02. The molecule has 0 fully saturated rings. The molecular weight excluding hydrogens is 370 g/mol. The molecule has 0 radical (unpaired) electrons. The lowest BCUT2D eigenvalue weighted by atomic mass is 10.1. The van der Waals surface area contributed by atoms with Crippen molar-refractivity contribution in [2.75, 3.05) is 19.1 Å². The van der Waals surface area contributed by atoms with Gasteiger partial charge in [-0.3, -0.25) is 0 Å². The van der Waals surface area contributed by atoms with E-state index in [-0.39, 0.29) is 11.3 Å². The van der Waals surface area contributed by atoms with Crippen molar-refractivity contribution < 1.29 is 19.1 Å². The average molecular weight is 386 g/mol. The van der Waals surface area contributed by atoms with Gasteiger partial charge >= 0.3 is 11.9 Å². The molecule has 0 unspecified atom stereocenters. The first-order valence-corrected chi connectivity index (χ1v) is 8.29. The first-order valence-electron chi connectivity index (χ1n) is 7.91. The van der Waals surface area contributed by atoms with Crippen molar-refractivity contribution in [1.29, 1.82) is 0 Å². The predicted molar refractivity (Wildman–Crippen MR) is 100 cm³/mol. The van der Waals surface area contributed by atoms with Crippen molar-refractivity contribution in [1.82, 2.24) is 9.78 Å². The number of aromatic nitrogens is 2. The quantitative estimate of drug-likeness (QED) is 0.753. The summed E-state index contributed by atoms with van der Waals surface area (Å²) in [6, 6.07) is 6.99. The first-order chi connectivity index (χ1) is 13.1. The number of allylic oxidation sites excluding steroid dienone is 2. The van der Waals surface area contributed by atoms with Gasteiger partial charge in [-0.2, -0.15) is 5.10 Å². The summed E-state index contributed by atoms with van der Waals surface area (Å²) in [5.41, 5.74) is 1.34. The molecule has 2 heterocycles. The molecule has 0 N–H and O–H groups in total. The Labute approximate surface area is 160 Å². The van der Waals surface area contributed by atoms with Crippen LogP contribution in [-0.2, 0) is 19.1 Å². The number of rotatable bonds is 4. The van der Waals surface area contributed by atoms with Gasteiger partial charge in [0.1, 0.15) is 5.70 Å². The van der Waals surface area contributed by atoms with Crippen LogP contribution in [0.5, 0.6) is 0 Å². The number of ether oxygens (including phenoxy) is 2. The van der Waals surface area contributed by atoms with Gasteiger partial charge in [0, 0.05) is 24.3 Å². The minimum atomic E-state index is -0.682. The molecule has 0 atom stereocenters. The van der Waals surface area contributed by atoms with Gasteiger partial charge in [0.15, 0.2) is 0 Å². The summed E-state index contributed by atoms with van der Waals surface area (Å²) < 4.78 is 11.3. The largest absolute Gasteiger partial charge is 0.465 e. The van der Waals surface area contributed by atoms with E-state index in [0.29, 0.717) is 16.4 Å². The summed E-state index contributed by atoms with van der Waals surface area (Å²) in [5.74, 6) is -1.33. The van der Waals surface area contributed by atoms with Crippen molar-refractivity contribution in [3.63, 3.8) is 0 Å². The number of hydrogen-bond donors (Lipinski definition) is 0. The maximum atomic E-state index is 12.4. The van der Waals surface area contributed by atoms with Crippen LogP contribution in [0.15, 0.2) is 72.4 Å². The van der Waals surface area contributed by atoms with E-state index in [0.717, 1.165) is 0 Å². The molecule has 1 aliphatic rings. The van der Waals surface area contributed by atoms with Crippen molar-refractivity contribution in [2.24, 2.45) is 0 Å². The second kappa shape index (κ2) is 7.92. The number of carbonyl (C=O) groups is 2. The number of carbonyl (C=O) groups excluding carboxylic acids is 2. The van der Waals surface area contributed by atoms with Gasteiger partial charge in [-0.25, -0.2) is 14.3 Å². The lowest BCUT2D eigenvalue weighted by molar-refractivity contribution is -0.139.